The molecule has 5 heteroatoms. The second kappa shape index (κ2) is 43.3. The van der Waals surface area contributed by atoms with E-state index < -0.39 is 0 Å². The van der Waals surface area contributed by atoms with E-state index in [2.05, 4.69) is 0 Å². The van der Waals surface area contributed by atoms with E-state index in [0.29, 0.717) is 0 Å². The molecule has 0 heterocycles. The van der Waals surface area contributed by atoms with E-state index >= 15 is 0 Å². The first kappa shape index (κ1) is 74.7. The van der Waals surface area contributed by atoms with E-state index in [4.69, 9.17) is 0 Å². The van der Waals surface area contributed by atoms with Gasteiger partial charge in [0, 0.05) is 17.1 Å². The summed E-state index contributed by atoms with van der Waals surface area (Å²) < 4.78 is 0. The van der Waals surface area contributed by atoms with Crippen LogP contribution in [0.25, 0.3) is 0 Å². The quantitative estimate of drug-likeness (QED) is 0.390. The van der Waals surface area contributed by atoms with Gasteiger partial charge in [0.2, 0.25) is 0 Å². The molecular formula is H10CuGa2O2. The van der Waals surface area contributed by atoms with Crippen molar-refractivity contribution in [1.82, 2.24) is 0 Å². The summed E-state index contributed by atoms with van der Waals surface area (Å²) in [6, 6.07) is 0. The zero-order chi connectivity index (χ0) is 0. The van der Waals surface area contributed by atoms with Crippen molar-refractivity contribution in [3.63, 3.8) is 0 Å². The molecule has 0 aromatic rings. The van der Waals surface area contributed by atoms with Crippen LogP contribution in [0.2, 0.25) is 0 Å². The molecule has 5 heavy (non-hydrogen) atoms. The van der Waals surface area contributed by atoms with E-state index in [1.807, 2.05) is 0 Å². The Morgan fingerprint density at radius 3 is 0.600 bits per heavy atom. The summed E-state index contributed by atoms with van der Waals surface area (Å²) in [4.78, 5) is 0. The molecule has 0 bridgehead atoms. The minimum absolute atomic E-state index is 0. The van der Waals surface area contributed by atoms with Gasteiger partial charge in [-0.15, -0.1) is 0 Å². The average Bonchev–Trinajstić information content (AvgIpc) is 0. The summed E-state index contributed by atoms with van der Waals surface area (Å²) in [6.07, 6.45) is 0. The van der Waals surface area contributed by atoms with E-state index in [1.165, 1.54) is 0 Å². The van der Waals surface area contributed by atoms with Gasteiger partial charge in [0.25, 0.3) is 0 Å². The van der Waals surface area contributed by atoms with E-state index in [1.54, 1.807) is 0 Å². The second-order valence-corrected chi connectivity index (χ2v) is 0. The predicted octanol–water partition coefficient (Wildman–Crippen LogP) is -4.02. The Labute approximate surface area is 67.3 Å². The zero-order valence-electron chi connectivity index (χ0n) is 1.30. The van der Waals surface area contributed by atoms with Crippen molar-refractivity contribution in [3.8, 4) is 0 Å². The zero-order valence-corrected chi connectivity index (χ0v) is 2.24. The Hall–Kier alpha value is 1.71. The van der Waals surface area contributed by atoms with Crippen LogP contribution in [-0.2, 0) is 17.1 Å². The first-order valence-electron chi connectivity index (χ1n) is 0. The van der Waals surface area contributed by atoms with Crippen LogP contribution in [0.3, 0.4) is 0 Å². The van der Waals surface area contributed by atoms with Crippen LogP contribution in [0.15, 0.2) is 0 Å². The minimum atomic E-state index is 0. The Morgan fingerprint density at radius 1 is 0.600 bits per heavy atom. The number of hydrogen-bond donors (Lipinski definition) is 0. The number of rotatable bonds is 0. The fraction of sp³-hybridized carbons (Fsp3) is 0. The van der Waals surface area contributed by atoms with E-state index in [9.17, 15) is 0 Å². The standard InChI is InChI=1S/Cu.2Ga.2H2O.6H/h;;;2*1H2;;;;;;. The molecule has 1 radical (unpaired) electrons. The summed E-state index contributed by atoms with van der Waals surface area (Å²) >= 11 is 0. The van der Waals surface area contributed by atoms with Gasteiger partial charge in [-0.3, -0.25) is 0 Å². The van der Waals surface area contributed by atoms with Gasteiger partial charge in [-0.25, -0.2) is 0 Å². The van der Waals surface area contributed by atoms with Crippen molar-refractivity contribution in [3.05, 3.63) is 0 Å². The molecule has 0 atom stereocenters. The maximum atomic E-state index is 0. The SMILES string of the molecule is O.O.[Cu].[GaH3].[GaH3]. The first-order chi connectivity index (χ1) is 0. The van der Waals surface area contributed by atoms with Crippen LogP contribution in [-0.4, -0.2) is 50.5 Å². The van der Waals surface area contributed by atoms with Gasteiger partial charge >= 0.3 is 39.6 Å². The third-order valence-corrected chi connectivity index (χ3v) is 0. The Bertz CT molecular complexity index is 7.61. The van der Waals surface area contributed by atoms with Crippen molar-refractivity contribution in [2.45, 2.75) is 0 Å². The molecule has 0 fully saturated rings. The molecule has 0 aliphatic rings. The molecule has 0 aromatic carbocycles. The summed E-state index contributed by atoms with van der Waals surface area (Å²) in [5.41, 5.74) is 0. The Morgan fingerprint density at radius 2 is 0.600 bits per heavy atom. The van der Waals surface area contributed by atoms with Gasteiger partial charge in [-0.1, -0.05) is 0 Å². The van der Waals surface area contributed by atoms with Crippen molar-refractivity contribution >= 4 is 39.6 Å². The van der Waals surface area contributed by atoms with Crippen LogP contribution in [0, 0.1) is 0 Å². The first-order valence-corrected chi connectivity index (χ1v) is 0. The second-order valence-electron chi connectivity index (χ2n) is 0. The van der Waals surface area contributed by atoms with Gasteiger partial charge < -0.3 is 11.0 Å². The van der Waals surface area contributed by atoms with Crippen LogP contribution < -0.4 is 0 Å². The van der Waals surface area contributed by atoms with Crippen molar-refractivity contribution in [2.24, 2.45) is 0 Å². The molecule has 0 rings (SSSR count). The topological polar surface area (TPSA) is 63.0 Å². The van der Waals surface area contributed by atoms with Crippen LogP contribution in [0.5, 0.6) is 0 Å². The van der Waals surface area contributed by atoms with Gasteiger partial charge in [-0.05, 0) is 0 Å². The van der Waals surface area contributed by atoms with E-state index in [-0.39, 0.29) is 67.6 Å². The molecule has 0 saturated heterocycles. The maximum absolute atomic E-state index is 0. The number of hydrogen-bond acceptors (Lipinski definition) is 0. The molecule has 0 amide bonds. The monoisotopic (exact) mass is 243 g/mol. The Balaban J connectivity index is 0. The molecule has 0 aromatic heterocycles. The summed E-state index contributed by atoms with van der Waals surface area (Å²) in [5.74, 6) is 0. The van der Waals surface area contributed by atoms with Crippen molar-refractivity contribution < 1.29 is 28.0 Å². The van der Waals surface area contributed by atoms with Crippen molar-refractivity contribution in [2.75, 3.05) is 0 Å². The summed E-state index contributed by atoms with van der Waals surface area (Å²) in [6.45, 7) is 0. The van der Waals surface area contributed by atoms with Crippen LogP contribution in [0.1, 0.15) is 0 Å². The molecule has 0 saturated carbocycles. The fourth-order valence-corrected chi connectivity index (χ4v) is 0. The van der Waals surface area contributed by atoms with E-state index in [0.717, 1.165) is 0 Å². The van der Waals surface area contributed by atoms with Crippen LogP contribution >= 0.6 is 0 Å². The molecule has 2 nitrogen and oxygen atoms in total. The molecule has 39 valence electrons. The fourth-order valence-electron chi connectivity index (χ4n) is 0. The molecule has 0 unspecified atom stereocenters. The summed E-state index contributed by atoms with van der Waals surface area (Å²) in [5, 5.41) is 0. The molecule has 0 aliphatic heterocycles. The predicted molar refractivity (Wildman–Crippen MR) is 27.1 cm³/mol. The van der Waals surface area contributed by atoms with Crippen molar-refractivity contribution in [1.29, 1.82) is 0 Å². The molecule has 0 aliphatic carbocycles. The van der Waals surface area contributed by atoms with Crippen LogP contribution in [0.4, 0.5) is 0 Å². The Kier molecular flexibility index (Phi) is 646. The third-order valence-electron chi connectivity index (χ3n) is 0. The average molecular weight is 245 g/mol. The van der Waals surface area contributed by atoms with Gasteiger partial charge in [0.15, 0.2) is 0 Å². The summed E-state index contributed by atoms with van der Waals surface area (Å²) in [7, 11) is 0. The third kappa shape index (κ3) is 26.9. The van der Waals surface area contributed by atoms with Gasteiger partial charge in [-0.2, -0.15) is 0 Å². The molecule has 4 N–H and O–H groups in total. The van der Waals surface area contributed by atoms with Gasteiger partial charge in [0.1, 0.15) is 0 Å². The molecular weight excluding hydrogens is 235 g/mol. The van der Waals surface area contributed by atoms with Gasteiger partial charge in [0.05, 0.1) is 0 Å². The normalized spacial score (nSPS) is 0. The molecule has 0 spiro atoms.